The average Bonchev–Trinajstić information content (AvgIpc) is 3.08. The van der Waals surface area contributed by atoms with Gasteiger partial charge in [-0.2, -0.15) is 0 Å². The third-order valence-corrected chi connectivity index (χ3v) is 9.07. The van der Waals surface area contributed by atoms with E-state index in [4.69, 9.17) is 9.47 Å². The monoisotopic (exact) mass is 650 g/mol. The number of aromatic hydroxyl groups is 1. The molecule has 1 aliphatic heterocycles. The molecule has 1 heterocycles. The van der Waals surface area contributed by atoms with E-state index < -0.39 is 6.10 Å². The van der Waals surface area contributed by atoms with Crippen LogP contribution in [0.1, 0.15) is 127 Å². The number of amides is 1. The Morgan fingerprint density at radius 2 is 1.26 bits per heavy atom. The van der Waals surface area contributed by atoms with E-state index in [0.29, 0.717) is 44.3 Å². The number of ether oxygens (including phenoxy) is 2. The van der Waals surface area contributed by atoms with Gasteiger partial charge >= 0.3 is 0 Å². The lowest BCUT2D eigenvalue weighted by atomic mass is 10.1. The fraction of sp³-hybridized carbons (Fsp3) is 0.625. The molecule has 0 spiro atoms. The molecule has 0 bridgehead atoms. The van der Waals surface area contributed by atoms with Crippen molar-refractivity contribution in [1.29, 1.82) is 0 Å². The van der Waals surface area contributed by atoms with E-state index in [1.807, 2.05) is 36.1 Å². The van der Waals surface area contributed by atoms with Gasteiger partial charge < -0.3 is 24.6 Å². The van der Waals surface area contributed by atoms with Crippen LogP contribution in [0.5, 0.6) is 17.2 Å². The molecule has 7 nitrogen and oxygen atoms in total. The van der Waals surface area contributed by atoms with Gasteiger partial charge in [0.25, 0.3) is 0 Å². The maximum Gasteiger partial charge on any atom is 0.246 e. The van der Waals surface area contributed by atoms with Gasteiger partial charge in [0, 0.05) is 38.8 Å². The number of phenols is 1. The standard InChI is InChI=1S/C40H62N2O5/c1-4-6-8-10-12-14-16-28-46-37-30-34(31-38(40(37)45)47-29-17-15-13-11-9-7-5-2)20-23-39(44)42-26-24-41(25-27-42)32-36(43)35-21-18-33(3)19-22-35/h18-23,30-31,36,43,45H,4-17,24-29,32H2,1-3H3. The van der Waals surface area contributed by atoms with E-state index in [0.717, 1.165) is 49.9 Å². The summed E-state index contributed by atoms with van der Waals surface area (Å²) in [6.45, 7) is 10.8. The highest BCUT2D eigenvalue weighted by atomic mass is 16.5. The minimum absolute atomic E-state index is 0.0308. The molecule has 2 aromatic carbocycles. The normalized spacial score (nSPS) is 14.5. The Labute approximate surface area is 285 Å². The minimum Gasteiger partial charge on any atom is -0.502 e. The van der Waals surface area contributed by atoms with Gasteiger partial charge in [-0.05, 0) is 49.1 Å². The molecule has 1 atom stereocenters. The molecule has 0 saturated carbocycles. The molecule has 47 heavy (non-hydrogen) atoms. The lowest BCUT2D eigenvalue weighted by molar-refractivity contribution is -0.127. The molecule has 2 N–H and O–H groups in total. The van der Waals surface area contributed by atoms with Crippen molar-refractivity contribution in [2.45, 2.75) is 117 Å². The molecule has 0 aliphatic carbocycles. The van der Waals surface area contributed by atoms with Gasteiger partial charge in [-0.3, -0.25) is 9.69 Å². The Balaban J connectivity index is 1.53. The zero-order valence-corrected chi connectivity index (χ0v) is 29.6. The molecule has 0 aromatic heterocycles. The zero-order valence-electron chi connectivity index (χ0n) is 29.6. The molecule has 2 aromatic rings. The molecule has 1 unspecified atom stereocenters. The third-order valence-electron chi connectivity index (χ3n) is 9.07. The number of aliphatic hydroxyl groups is 1. The minimum atomic E-state index is -0.545. The van der Waals surface area contributed by atoms with Gasteiger partial charge in [0.05, 0.1) is 19.3 Å². The molecule has 262 valence electrons. The predicted octanol–water partition coefficient (Wildman–Crippen LogP) is 8.85. The van der Waals surface area contributed by atoms with Gasteiger partial charge in [0.1, 0.15) is 0 Å². The molecule has 3 rings (SSSR count). The van der Waals surface area contributed by atoms with Crippen molar-refractivity contribution in [3.8, 4) is 17.2 Å². The Hall–Kier alpha value is -3.03. The number of piperazine rings is 1. The second kappa shape index (κ2) is 22.5. The first-order valence-electron chi connectivity index (χ1n) is 18.5. The first kappa shape index (κ1) is 38.4. The van der Waals surface area contributed by atoms with Gasteiger partial charge in [-0.1, -0.05) is 121 Å². The summed E-state index contributed by atoms with van der Waals surface area (Å²) in [7, 11) is 0. The third kappa shape index (κ3) is 14.7. The van der Waals surface area contributed by atoms with Crippen LogP contribution in [-0.4, -0.2) is 71.9 Å². The van der Waals surface area contributed by atoms with E-state index in [2.05, 4.69) is 18.7 Å². The molecule has 1 amide bonds. The van der Waals surface area contributed by atoms with Crippen LogP contribution in [0.3, 0.4) is 0 Å². The summed E-state index contributed by atoms with van der Waals surface area (Å²) in [5.74, 6) is 0.790. The summed E-state index contributed by atoms with van der Waals surface area (Å²) >= 11 is 0. The average molecular weight is 651 g/mol. The molecular formula is C40H62N2O5. The highest BCUT2D eigenvalue weighted by Gasteiger charge is 2.22. The highest BCUT2D eigenvalue weighted by Crippen LogP contribution is 2.38. The molecule has 1 fully saturated rings. The molecule has 1 aliphatic rings. The smallest absolute Gasteiger partial charge is 0.246 e. The summed E-state index contributed by atoms with van der Waals surface area (Å²) in [4.78, 5) is 17.2. The van der Waals surface area contributed by atoms with E-state index in [1.165, 1.54) is 69.8 Å². The number of carbonyl (C=O) groups is 1. The summed E-state index contributed by atoms with van der Waals surface area (Å²) in [6, 6.07) is 11.6. The largest absolute Gasteiger partial charge is 0.502 e. The topological polar surface area (TPSA) is 82.5 Å². The number of phenolic OH excluding ortho intramolecular Hbond substituents is 1. The van der Waals surface area contributed by atoms with E-state index >= 15 is 0 Å². The number of unbranched alkanes of at least 4 members (excludes halogenated alkanes) is 12. The fourth-order valence-corrected chi connectivity index (χ4v) is 5.96. The number of β-amino-alcohol motifs (C(OH)–C–C–N with tert-alkyl or cyclic N) is 1. The number of benzene rings is 2. The second-order valence-electron chi connectivity index (χ2n) is 13.2. The molecule has 0 radical (unpaired) electrons. The van der Waals surface area contributed by atoms with E-state index in [1.54, 1.807) is 24.3 Å². The first-order valence-corrected chi connectivity index (χ1v) is 18.5. The molecular weight excluding hydrogens is 588 g/mol. The summed E-state index contributed by atoms with van der Waals surface area (Å²) < 4.78 is 12.1. The van der Waals surface area contributed by atoms with Gasteiger partial charge in [0.15, 0.2) is 11.5 Å². The van der Waals surface area contributed by atoms with Crippen LogP contribution in [-0.2, 0) is 4.79 Å². The van der Waals surface area contributed by atoms with Crippen LogP contribution in [0, 0.1) is 6.92 Å². The second-order valence-corrected chi connectivity index (χ2v) is 13.2. The Kier molecular flexibility index (Phi) is 18.4. The Morgan fingerprint density at radius 1 is 0.766 bits per heavy atom. The van der Waals surface area contributed by atoms with Crippen molar-refractivity contribution < 1.29 is 24.5 Å². The van der Waals surface area contributed by atoms with Crippen molar-refractivity contribution in [2.75, 3.05) is 45.9 Å². The number of hydrogen-bond donors (Lipinski definition) is 2. The zero-order chi connectivity index (χ0) is 33.7. The maximum absolute atomic E-state index is 13.1. The number of aliphatic hydroxyl groups excluding tert-OH is 1. The first-order chi connectivity index (χ1) is 22.9. The predicted molar refractivity (Wildman–Crippen MR) is 193 cm³/mol. The quantitative estimate of drug-likeness (QED) is 0.0924. The Bertz CT molecular complexity index is 1130. The van der Waals surface area contributed by atoms with E-state index in [-0.39, 0.29) is 11.7 Å². The summed E-state index contributed by atoms with van der Waals surface area (Å²) in [5, 5.41) is 21.7. The number of nitrogens with zero attached hydrogens (tertiary/aromatic N) is 2. The van der Waals surface area contributed by atoms with Crippen LogP contribution in [0.15, 0.2) is 42.5 Å². The van der Waals surface area contributed by atoms with Gasteiger partial charge in [-0.25, -0.2) is 0 Å². The van der Waals surface area contributed by atoms with Crippen molar-refractivity contribution in [1.82, 2.24) is 9.80 Å². The van der Waals surface area contributed by atoms with Crippen LogP contribution in [0.25, 0.3) is 6.08 Å². The number of carbonyl (C=O) groups excluding carboxylic acids is 1. The summed E-state index contributed by atoms with van der Waals surface area (Å²) in [5.41, 5.74) is 2.86. The van der Waals surface area contributed by atoms with Crippen LogP contribution in [0.2, 0.25) is 0 Å². The number of aryl methyl sites for hydroxylation is 1. The van der Waals surface area contributed by atoms with Crippen molar-refractivity contribution in [3.05, 3.63) is 59.2 Å². The molecule has 7 heteroatoms. The number of rotatable bonds is 23. The SMILES string of the molecule is CCCCCCCCCOc1cc(C=CC(=O)N2CCN(CC(O)c3ccc(C)cc3)CC2)cc(OCCCCCCCCC)c1O. The fourth-order valence-electron chi connectivity index (χ4n) is 5.96. The lowest BCUT2D eigenvalue weighted by Crippen LogP contribution is -2.49. The molecule has 1 saturated heterocycles. The van der Waals surface area contributed by atoms with Crippen LogP contribution in [0.4, 0.5) is 0 Å². The van der Waals surface area contributed by atoms with Gasteiger partial charge in [-0.15, -0.1) is 0 Å². The van der Waals surface area contributed by atoms with Crippen LogP contribution >= 0.6 is 0 Å². The van der Waals surface area contributed by atoms with E-state index in [9.17, 15) is 15.0 Å². The van der Waals surface area contributed by atoms with Crippen molar-refractivity contribution >= 4 is 12.0 Å². The Morgan fingerprint density at radius 3 is 1.77 bits per heavy atom. The van der Waals surface area contributed by atoms with Crippen LogP contribution < -0.4 is 9.47 Å². The highest BCUT2D eigenvalue weighted by molar-refractivity contribution is 5.92. The summed E-state index contributed by atoms with van der Waals surface area (Å²) in [6.07, 6.45) is 19.5. The van der Waals surface area contributed by atoms with Crippen molar-refractivity contribution in [2.24, 2.45) is 0 Å². The van der Waals surface area contributed by atoms with Crippen molar-refractivity contribution in [3.63, 3.8) is 0 Å². The lowest BCUT2D eigenvalue weighted by Gasteiger charge is -2.35. The van der Waals surface area contributed by atoms with Gasteiger partial charge in [0.2, 0.25) is 11.7 Å². The number of hydrogen-bond acceptors (Lipinski definition) is 6. The maximum atomic E-state index is 13.1.